The van der Waals surface area contributed by atoms with Crippen molar-refractivity contribution in [3.63, 3.8) is 0 Å². The van der Waals surface area contributed by atoms with E-state index in [1.54, 1.807) is 0 Å². The van der Waals surface area contributed by atoms with Gasteiger partial charge >= 0.3 is 11.9 Å². The SMILES string of the molecule is CC(N)C(=O)O.NC(Cc1c[nH]c2ccccc12)C(=O)O. The summed E-state index contributed by atoms with van der Waals surface area (Å²) >= 11 is 0. The molecule has 114 valence electrons. The second-order valence-corrected chi connectivity index (χ2v) is 4.64. The first kappa shape index (κ1) is 16.7. The smallest absolute Gasteiger partial charge is 0.320 e. The van der Waals surface area contributed by atoms with Crippen LogP contribution in [-0.4, -0.2) is 39.2 Å². The maximum absolute atomic E-state index is 10.6. The molecular weight excluding hydrogens is 274 g/mol. The van der Waals surface area contributed by atoms with Crippen LogP contribution in [0, 0.1) is 0 Å². The average Bonchev–Trinajstić information content (AvgIpc) is 2.82. The third-order valence-corrected chi connectivity index (χ3v) is 2.82. The molecule has 7 nitrogen and oxygen atoms in total. The zero-order valence-electron chi connectivity index (χ0n) is 11.6. The largest absolute Gasteiger partial charge is 0.480 e. The molecule has 0 radical (unpaired) electrons. The molecule has 7 heteroatoms. The van der Waals surface area contributed by atoms with Gasteiger partial charge in [-0.05, 0) is 18.6 Å². The predicted molar refractivity (Wildman–Crippen MR) is 78.9 cm³/mol. The second kappa shape index (κ2) is 7.41. The Balaban J connectivity index is 0.000000315. The zero-order chi connectivity index (χ0) is 16.0. The lowest BCUT2D eigenvalue weighted by molar-refractivity contribution is -0.139. The summed E-state index contributed by atoms with van der Waals surface area (Å²) < 4.78 is 0. The topological polar surface area (TPSA) is 142 Å². The Bertz CT molecular complexity index is 621. The number of fused-ring (bicyclic) bond motifs is 1. The van der Waals surface area contributed by atoms with Gasteiger partial charge in [0.15, 0.2) is 0 Å². The van der Waals surface area contributed by atoms with Crippen molar-refractivity contribution in [3.8, 4) is 0 Å². The summed E-state index contributed by atoms with van der Waals surface area (Å²) in [5.41, 5.74) is 12.3. The van der Waals surface area contributed by atoms with Crippen LogP contribution >= 0.6 is 0 Å². The van der Waals surface area contributed by atoms with Gasteiger partial charge < -0.3 is 26.7 Å². The molecule has 2 atom stereocenters. The number of rotatable bonds is 4. The van der Waals surface area contributed by atoms with Crippen molar-refractivity contribution in [2.45, 2.75) is 25.4 Å². The Labute approximate surface area is 121 Å². The minimum absolute atomic E-state index is 0.347. The number of hydrogen-bond acceptors (Lipinski definition) is 4. The molecule has 2 rings (SSSR count). The molecule has 0 saturated carbocycles. The van der Waals surface area contributed by atoms with Crippen molar-refractivity contribution in [3.05, 3.63) is 36.0 Å². The molecule has 0 bridgehead atoms. The highest BCUT2D eigenvalue weighted by molar-refractivity contribution is 5.84. The van der Waals surface area contributed by atoms with Crippen LogP contribution in [-0.2, 0) is 16.0 Å². The van der Waals surface area contributed by atoms with Crippen LogP contribution < -0.4 is 11.5 Å². The molecule has 2 unspecified atom stereocenters. The lowest BCUT2D eigenvalue weighted by Crippen LogP contribution is -2.32. The number of carboxylic acids is 2. The molecule has 0 aliphatic rings. The van der Waals surface area contributed by atoms with E-state index in [4.69, 9.17) is 21.7 Å². The number of nitrogens with one attached hydrogen (secondary N) is 1. The maximum Gasteiger partial charge on any atom is 0.320 e. The van der Waals surface area contributed by atoms with Gasteiger partial charge in [-0.15, -0.1) is 0 Å². The van der Waals surface area contributed by atoms with E-state index in [1.165, 1.54) is 6.92 Å². The summed E-state index contributed by atoms with van der Waals surface area (Å²) in [7, 11) is 0. The maximum atomic E-state index is 10.6. The van der Waals surface area contributed by atoms with Crippen LogP contribution in [0.3, 0.4) is 0 Å². The van der Waals surface area contributed by atoms with Crippen LogP contribution in [0.1, 0.15) is 12.5 Å². The first-order chi connectivity index (χ1) is 9.82. The van der Waals surface area contributed by atoms with Crippen molar-refractivity contribution in [2.24, 2.45) is 11.5 Å². The van der Waals surface area contributed by atoms with E-state index in [9.17, 15) is 9.59 Å². The fourth-order valence-corrected chi connectivity index (χ4v) is 1.62. The van der Waals surface area contributed by atoms with E-state index in [-0.39, 0.29) is 0 Å². The summed E-state index contributed by atoms with van der Waals surface area (Å²) in [6.07, 6.45) is 2.16. The van der Waals surface area contributed by atoms with Crippen molar-refractivity contribution >= 4 is 22.8 Å². The molecule has 0 fully saturated rings. The summed E-state index contributed by atoms with van der Waals surface area (Å²) in [4.78, 5) is 23.3. The van der Waals surface area contributed by atoms with Crippen molar-refractivity contribution in [1.82, 2.24) is 4.98 Å². The van der Waals surface area contributed by atoms with Gasteiger partial charge in [0.05, 0.1) is 0 Å². The lowest BCUT2D eigenvalue weighted by atomic mass is 10.1. The lowest BCUT2D eigenvalue weighted by Gasteiger charge is -2.04. The molecule has 21 heavy (non-hydrogen) atoms. The number of carboxylic acid groups (broad SMARTS) is 2. The van der Waals surface area contributed by atoms with Gasteiger partial charge in [0.25, 0.3) is 0 Å². The Morgan fingerprint density at radius 3 is 2.29 bits per heavy atom. The van der Waals surface area contributed by atoms with E-state index >= 15 is 0 Å². The Hall–Kier alpha value is -2.38. The van der Waals surface area contributed by atoms with Crippen LogP contribution in [0.25, 0.3) is 10.9 Å². The van der Waals surface area contributed by atoms with E-state index in [2.05, 4.69) is 4.98 Å². The van der Waals surface area contributed by atoms with Crippen LogP contribution in [0.5, 0.6) is 0 Å². The summed E-state index contributed by atoms with van der Waals surface area (Å²) in [5.74, 6) is -1.93. The van der Waals surface area contributed by atoms with Gasteiger partial charge in [0, 0.05) is 23.5 Å². The van der Waals surface area contributed by atoms with E-state index < -0.39 is 24.0 Å². The highest BCUT2D eigenvalue weighted by Crippen LogP contribution is 2.18. The van der Waals surface area contributed by atoms with E-state index in [0.717, 1.165) is 16.5 Å². The van der Waals surface area contributed by atoms with Crippen molar-refractivity contribution in [2.75, 3.05) is 0 Å². The van der Waals surface area contributed by atoms with Crippen LogP contribution in [0.4, 0.5) is 0 Å². The third kappa shape index (κ3) is 4.90. The number of aromatic amines is 1. The van der Waals surface area contributed by atoms with Gasteiger partial charge in [-0.2, -0.15) is 0 Å². The molecule has 0 amide bonds. The minimum Gasteiger partial charge on any atom is -0.480 e. The summed E-state index contributed by atoms with van der Waals surface area (Å²) in [5, 5.41) is 17.6. The van der Waals surface area contributed by atoms with E-state index in [1.807, 2.05) is 30.5 Å². The first-order valence-corrected chi connectivity index (χ1v) is 6.34. The Morgan fingerprint density at radius 2 is 1.76 bits per heavy atom. The van der Waals surface area contributed by atoms with Crippen molar-refractivity contribution in [1.29, 1.82) is 0 Å². The van der Waals surface area contributed by atoms with Crippen LogP contribution in [0.15, 0.2) is 30.5 Å². The molecule has 0 aliphatic heterocycles. The number of aromatic nitrogens is 1. The summed E-state index contributed by atoms with van der Waals surface area (Å²) in [6.45, 7) is 1.42. The number of para-hydroxylation sites is 1. The van der Waals surface area contributed by atoms with Gasteiger partial charge in [0.2, 0.25) is 0 Å². The van der Waals surface area contributed by atoms with Crippen molar-refractivity contribution < 1.29 is 19.8 Å². The normalized spacial score (nSPS) is 13.1. The highest BCUT2D eigenvalue weighted by atomic mass is 16.4. The minimum atomic E-state index is -0.972. The zero-order valence-corrected chi connectivity index (χ0v) is 11.6. The number of hydrogen-bond donors (Lipinski definition) is 5. The molecule has 0 spiro atoms. The molecule has 0 aliphatic carbocycles. The molecular formula is C14H19N3O4. The monoisotopic (exact) mass is 293 g/mol. The molecule has 2 aromatic rings. The highest BCUT2D eigenvalue weighted by Gasteiger charge is 2.14. The van der Waals surface area contributed by atoms with Gasteiger partial charge in [-0.1, -0.05) is 18.2 Å². The second-order valence-electron chi connectivity index (χ2n) is 4.64. The fraction of sp³-hybridized carbons (Fsp3) is 0.286. The quantitative estimate of drug-likeness (QED) is 0.557. The molecule has 1 aromatic carbocycles. The number of benzene rings is 1. The Kier molecular flexibility index (Phi) is 5.89. The Morgan fingerprint density at radius 1 is 1.19 bits per heavy atom. The number of carbonyl (C=O) groups is 2. The summed E-state index contributed by atoms with van der Waals surface area (Å²) in [6, 6.07) is 6.18. The van der Waals surface area contributed by atoms with Gasteiger partial charge in [-0.25, -0.2) is 0 Å². The molecule has 1 heterocycles. The fourth-order valence-electron chi connectivity index (χ4n) is 1.62. The standard InChI is InChI=1S/C11H12N2O2.C3H7NO2/c12-9(11(14)15)5-7-6-13-10-4-2-1-3-8(7)10;1-2(4)3(5)6/h1-4,6,9,13H,5,12H2,(H,14,15);2H,4H2,1H3,(H,5,6). The van der Waals surface area contributed by atoms with E-state index in [0.29, 0.717) is 6.42 Å². The molecule has 1 aromatic heterocycles. The van der Waals surface area contributed by atoms with Crippen LogP contribution in [0.2, 0.25) is 0 Å². The predicted octanol–water partition coefficient (Wildman–Crippen LogP) is 0.541. The van der Waals surface area contributed by atoms with Gasteiger partial charge in [-0.3, -0.25) is 9.59 Å². The molecule has 7 N–H and O–H groups in total. The number of nitrogens with two attached hydrogens (primary N) is 2. The molecule has 0 saturated heterocycles. The number of H-pyrrole nitrogens is 1. The average molecular weight is 293 g/mol. The number of aliphatic carboxylic acids is 2. The first-order valence-electron chi connectivity index (χ1n) is 6.34. The van der Waals surface area contributed by atoms with Gasteiger partial charge in [0.1, 0.15) is 12.1 Å². The third-order valence-electron chi connectivity index (χ3n) is 2.82.